The minimum Gasteiger partial charge on any atom is -0.493 e. The quantitative estimate of drug-likeness (QED) is 0.353. The zero-order chi connectivity index (χ0) is 26.3. The van der Waals surface area contributed by atoms with Crippen LogP contribution in [-0.2, 0) is 23.8 Å². The molecule has 7 nitrogen and oxygen atoms in total. The van der Waals surface area contributed by atoms with Gasteiger partial charge >= 0.3 is 12.1 Å². The fourth-order valence-corrected chi connectivity index (χ4v) is 3.55. The molecular formula is C25H23ClF3N3O4. The number of carbonyl (C=O) groups is 2. The normalized spacial score (nSPS) is 12.0. The summed E-state index contributed by atoms with van der Waals surface area (Å²) in [6, 6.07) is 13.2. The van der Waals surface area contributed by atoms with Crippen LogP contribution in [0.5, 0.6) is 5.75 Å². The van der Waals surface area contributed by atoms with Crippen LogP contribution in [-0.4, -0.2) is 41.7 Å². The van der Waals surface area contributed by atoms with Gasteiger partial charge in [-0.2, -0.15) is 13.2 Å². The Kier molecular flexibility index (Phi) is 8.76. The SMILES string of the molecule is CNc1cccc(CCOc2ccc(C[C@H](NC(=O)c3cc(Cl)ccc3C(F)(F)F)C(=O)O)cc2)n1. The average Bonchev–Trinajstić information content (AvgIpc) is 2.83. The second-order valence-corrected chi connectivity index (χ2v) is 8.20. The molecule has 3 rings (SSSR count). The topological polar surface area (TPSA) is 101 Å². The van der Waals surface area contributed by atoms with Crippen LogP contribution in [0.1, 0.15) is 27.2 Å². The van der Waals surface area contributed by atoms with Crippen molar-refractivity contribution in [3.63, 3.8) is 0 Å². The van der Waals surface area contributed by atoms with Crippen molar-refractivity contribution in [2.24, 2.45) is 0 Å². The van der Waals surface area contributed by atoms with E-state index in [1.807, 2.05) is 18.2 Å². The lowest BCUT2D eigenvalue weighted by atomic mass is 10.0. The lowest BCUT2D eigenvalue weighted by Gasteiger charge is -2.17. The van der Waals surface area contributed by atoms with Gasteiger partial charge in [0.25, 0.3) is 5.91 Å². The number of carboxylic acids is 1. The molecule has 0 saturated heterocycles. The number of nitrogens with zero attached hydrogens (tertiary/aromatic N) is 1. The van der Waals surface area contributed by atoms with Gasteiger partial charge in [0, 0.05) is 30.6 Å². The number of pyridine rings is 1. The maximum atomic E-state index is 13.3. The smallest absolute Gasteiger partial charge is 0.417 e. The van der Waals surface area contributed by atoms with E-state index in [2.05, 4.69) is 15.6 Å². The largest absolute Gasteiger partial charge is 0.493 e. The number of ether oxygens (including phenoxy) is 1. The first-order chi connectivity index (χ1) is 17.1. The highest BCUT2D eigenvalue weighted by atomic mass is 35.5. The molecule has 0 bridgehead atoms. The fraction of sp³-hybridized carbons (Fsp3) is 0.240. The number of aliphatic carboxylic acids is 1. The van der Waals surface area contributed by atoms with Crippen LogP contribution in [0.4, 0.5) is 19.0 Å². The Labute approximate surface area is 210 Å². The van der Waals surface area contributed by atoms with Gasteiger partial charge in [0.15, 0.2) is 0 Å². The number of halogens is 4. The summed E-state index contributed by atoms with van der Waals surface area (Å²) in [5, 5.41) is 14.6. The number of hydrogen-bond donors (Lipinski definition) is 3. The summed E-state index contributed by atoms with van der Waals surface area (Å²) < 4.78 is 45.6. The molecule has 0 radical (unpaired) electrons. The van der Waals surface area contributed by atoms with Gasteiger partial charge in [0.1, 0.15) is 17.6 Å². The molecule has 1 aromatic heterocycles. The zero-order valence-electron chi connectivity index (χ0n) is 19.1. The van der Waals surface area contributed by atoms with Gasteiger partial charge in [-0.05, 0) is 48.0 Å². The summed E-state index contributed by atoms with van der Waals surface area (Å²) in [5.74, 6) is -1.28. The molecule has 2 aromatic carbocycles. The number of hydrogen-bond acceptors (Lipinski definition) is 5. The Hall–Kier alpha value is -3.79. The third-order valence-corrected chi connectivity index (χ3v) is 5.42. The molecule has 0 saturated carbocycles. The predicted molar refractivity (Wildman–Crippen MR) is 128 cm³/mol. The van der Waals surface area contributed by atoms with Crippen LogP contribution in [0.3, 0.4) is 0 Å². The number of nitrogens with one attached hydrogen (secondary N) is 2. The van der Waals surface area contributed by atoms with Crippen molar-refractivity contribution >= 4 is 29.3 Å². The summed E-state index contributed by atoms with van der Waals surface area (Å²) in [5.41, 5.74) is -0.560. The van der Waals surface area contributed by atoms with E-state index >= 15 is 0 Å². The molecule has 0 aliphatic carbocycles. The van der Waals surface area contributed by atoms with Gasteiger partial charge in [-0.25, -0.2) is 9.78 Å². The van der Waals surface area contributed by atoms with Crippen LogP contribution in [0.2, 0.25) is 5.02 Å². The van der Waals surface area contributed by atoms with E-state index < -0.39 is 35.2 Å². The summed E-state index contributed by atoms with van der Waals surface area (Å²) in [4.78, 5) is 28.7. The van der Waals surface area contributed by atoms with E-state index in [4.69, 9.17) is 16.3 Å². The highest BCUT2D eigenvalue weighted by Gasteiger charge is 2.36. The van der Waals surface area contributed by atoms with Gasteiger partial charge < -0.3 is 20.5 Å². The Morgan fingerprint density at radius 1 is 1.11 bits per heavy atom. The van der Waals surface area contributed by atoms with Crippen molar-refractivity contribution in [3.05, 3.63) is 88.1 Å². The van der Waals surface area contributed by atoms with Crippen molar-refractivity contribution in [1.29, 1.82) is 0 Å². The molecule has 0 unspecified atom stereocenters. The Bertz CT molecular complexity index is 1220. The van der Waals surface area contributed by atoms with Gasteiger partial charge in [0.05, 0.1) is 17.7 Å². The standard InChI is InChI=1S/C25H23ClF3N3O4/c1-30-22-4-2-3-17(31-22)11-12-36-18-8-5-15(6-9-18)13-21(24(34)35)32-23(33)19-14-16(26)7-10-20(19)25(27,28)29/h2-10,14,21H,11-13H2,1H3,(H,30,31)(H,32,33)(H,34,35)/t21-/m0/s1. The van der Waals surface area contributed by atoms with Crippen molar-refractivity contribution in [1.82, 2.24) is 10.3 Å². The van der Waals surface area contributed by atoms with Crippen molar-refractivity contribution in [2.45, 2.75) is 25.1 Å². The van der Waals surface area contributed by atoms with E-state index in [1.165, 1.54) is 0 Å². The molecule has 3 N–H and O–H groups in total. The molecule has 36 heavy (non-hydrogen) atoms. The summed E-state index contributed by atoms with van der Waals surface area (Å²) in [6.45, 7) is 0.370. The maximum absolute atomic E-state index is 13.3. The Balaban J connectivity index is 1.62. The lowest BCUT2D eigenvalue weighted by Crippen LogP contribution is -2.42. The highest BCUT2D eigenvalue weighted by molar-refractivity contribution is 6.31. The molecule has 11 heteroatoms. The fourth-order valence-electron chi connectivity index (χ4n) is 3.38. The van der Waals surface area contributed by atoms with Gasteiger partial charge in [-0.1, -0.05) is 29.8 Å². The van der Waals surface area contributed by atoms with E-state index in [0.29, 0.717) is 30.4 Å². The molecule has 0 fully saturated rings. The first-order valence-electron chi connectivity index (χ1n) is 10.8. The molecule has 3 aromatic rings. The van der Waals surface area contributed by atoms with Crippen LogP contribution in [0, 0.1) is 0 Å². The first kappa shape index (κ1) is 26.8. The lowest BCUT2D eigenvalue weighted by molar-refractivity contribution is -0.139. The first-order valence-corrected chi connectivity index (χ1v) is 11.2. The number of benzene rings is 2. The Morgan fingerprint density at radius 3 is 2.47 bits per heavy atom. The molecular weight excluding hydrogens is 499 g/mol. The van der Waals surface area contributed by atoms with Crippen molar-refractivity contribution in [3.8, 4) is 5.75 Å². The third-order valence-electron chi connectivity index (χ3n) is 5.19. The number of aromatic nitrogens is 1. The molecule has 0 aliphatic heterocycles. The van der Waals surface area contributed by atoms with E-state index in [1.54, 1.807) is 31.3 Å². The van der Waals surface area contributed by atoms with Crippen LogP contribution in [0.15, 0.2) is 60.7 Å². The number of rotatable bonds is 10. The van der Waals surface area contributed by atoms with Gasteiger partial charge in [-0.15, -0.1) is 0 Å². The van der Waals surface area contributed by atoms with E-state index in [9.17, 15) is 27.9 Å². The molecule has 1 heterocycles. The summed E-state index contributed by atoms with van der Waals surface area (Å²) in [6.07, 6.45) is -4.38. The average molecular weight is 522 g/mol. The maximum Gasteiger partial charge on any atom is 0.417 e. The highest BCUT2D eigenvalue weighted by Crippen LogP contribution is 2.33. The number of alkyl halides is 3. The number of amides is 1. The van der Waals surface area contributed by atoms with Crippen LogP contribution in [0.25, 0.3) is 0 Å². The Morgan fingerprint density at radius 2 is 1.83 bits per heavy atom. The van der Waals surface area contributed by atoms with Crippen molar-refractivity contribution < 1.29 is 32.6 Å². The summed E-state index contributed by atoms with van der Waals surface area (Å²) >= 11 is 5.76. The minimum absolute atomic E-state index is 0.0823. The van der Waals surface area contributed by atoms with Crippen LogP contribution < -0.4 is 15.4 Å². The third kappa shape index (κ3) is 7.35. The molecule has 1 amide bonds. The predicted octanol–water partition coefficient (Wildman–Crippen LogP) is 4.84. The van der Waals surface area contributed by atoms with E-state index in [0.717, 1.165) is 23.6 Å². The monoisotopic (exact) mass is 521 g/mol. The van der Waals surface area contributed by atoms with Gasteiger partial charge in [0.2, 0.25) is 0 Å². The summed E-state index contributed by atoms with van der Waals surface area (Å²) in [7, 11) is 1.78. The molecule has 0 spiro atoms. The number of carboxylic acid groups (broad SMARTS) is 1. The van der Waals surface area contributed by atoms with Crippen LogP contribution >= 0.6 is 11.6 Å². The second-order valence-electron chi connectivity index (χ2n) is 7.76. The molecule has 0 aliphatic rings. The number of anilines is 1. The molecule has 1 atom stereocenters. The number of carbonyl (C=O) groups excluding carboxylic acids is 1. The zero-order valence-corrected chi connectivity index (χ0v) is 19.9. The van der Waals surface area contributed by atoms with E-state index in [-0.39, 0.29) is 11.4 Å². The minimum atomic E-state index is -4.81. The van der Waals surface area contributed by atoms with Gasteiger partial charge in [-0.3, -0.25) is 4.79 Å². The van der Waals surface area contributed by atoms with Crippen molar-refractivity contribution in [2.75, 3.05) is 19.0 Å². The molecule has 190 valence electrons. The second kappa shape index (κ2) is 11.8.